The highest BCUT2D eigenvalue weighted by molar-refractivity contribution is 5.69. The van der Waals surface area contributed by atoms with E-state index in [4.69, 9.17) is 0 Å². The van der Waals surface area contributed by atoms with Crippen LogP contribution in [0.3, 0.4) is 0 Å². The van der Waals surface area contributed by atoms with Crippen molar-refractivity contribution in [2.24, 2.45) is 11.8 Å². The van der Waals surface area contributed by atoms with Gasteiger partial charge in [0.15, 0.2) is 0 Å². The van der Waals surface area contributed by atoms with Crippen LogP contribution in [0.15, 0.2) is 0 Å². The van der Waals surface area contributed by atoms with Gasteiger partial charge in [-0.05, 0) is 0 Å². The molecule has 1 saturated carbocycles. The summed E-state index contributed by atoms with van der Waals surface area (Å²) in [4.78, 5) is 10.3. The molecule has 0 aromatic rings. The molecule has 0 aromatic heterocycles. The van der Waals surface area contributed by atoms with E-state index in [-0.39, 0.29) is 6.42 Å². The lowest BCUT2D eigenvalue weighted by atomic mass is 10.1. The van der Waals surface area contributed by atoms with Crippen molar-refractivity contribution < 1.29 is 28.4 Å². The summed E-state index contributed by atoms with van der Waals surface area (Å²) in [6, 6.07) is -1.34. The predicted molar refractivity (Wildman–Crippen MR) is 32.2 cm³/mol. The van der Waals surface area contributed by atoms with Crippen molar-refractivity contribution in [1.29, 1.82) is 0 Å². The van der Waals surface area contributed by atoms with E-state index in [0.717, 1.165) is 0 Å². The first-order valence-corrected chi connectivity index (χ1v) is 4.04. The predicted octanol–water partition coefficient (Wildman–Crippen LogP) is -1.75. The van der Waals surface area contributed by atoms with Crippen LogP contribution in [0.1, 0.15) is 6.42 Å². The molecule has 0 bridgehead atoms. The molecule has 2 N–H and O–H groups in total. The topological polar surface area (TPSA) is 56.7 Å². The summed E-state index contributed by atoms with van der Waals surface area (Å²) in [7, 11) is 0. The molecule has 0 spiro atoms. The van der Waals surface area contributed by atoms with Crippen molar-refractivity contribution in [3.05, 3.63) is 0 Å². The Kier molecular flexibility index (Phi) is 1.61. The monoisotopic (exact) mass is 195 g/mol. The van der Waals surface area contributed by atoms with Gasteiger partial charge >= 0.3 is 6.18 Å². The molecule has 1 aliphatic carbocycles. The zero-order valence-electron chi connectivity index (χ0n) is 6.54. The zero-order chi connectivity index (χ0) is 9.80. The van der Waals surface area contributed by atoms with E-state index in [9.17, 15) is 23.1 Å². The summed E-state index contributed by atoms with van der Waals surface area (Å²) in [5, 5.41) is 11.6. The van der Waals surface area contributed by atoms with Gasteiger partial charge < -0.3 is 15.2 Å². The van der Waals surface area contributed by atoms with Gasteiger partial charge in [-0.1, -0.05) is 0 Å². The molecule has 2 aliphatic rings. The first kappa shape index (κ1) is 8.80. The molecule has 1 heterocycles. The number of alkyl halides is 3. The average Bonchev–Trinajstić information content (AvgIpc) is 2.48. The van der Waals surface area contributed by atoms with Gasteiger partial charge in [-0.15, -0.1) is 0 Å². The minimum Gasteiger partial charge on any atom is -0.544 e. The summed E-state index contributed by atoms with van der Waals surface area (Å²) >= 11 is 0. The molecule has 0 amide bonds. The van der Waals surface area contributed by atoms with Crippen molar-refractivity contribution in [3.63, 3.8) is 0 Å². The van der Waals surface area contributed by atoms with Crippen LogP contribution in [0.5, 0.6) is 0 Å². The van der Waals surface area contributed by atoms with Crippen LogP contribution in [0.25, 0.3) is 0 Å². The number of carbonyl (C=O) groups excluding carboxylic acids is 1. The van der Waals surface area contributed by atoms with Crippen LogP contribution in [-0.2, 0) is 4.79 Å². The highest BCUT2D eigenvalue weighted by Gasteiger charge is 2.71. The van der Waals surface area contributed by atoms with Gasteiger partial charge in [-0.25, -0.2) is 0 Å². The second-order valence-electron chi connectivity index (χ2n) is 3.66. The number of quaternary nitrogens is 1. The number of hydrogen-bond acceptors (Lipinski definition) is 2. The van der Waals surface area contributed by atoms with Crippen LogP contribution < -0.4 is 10.4 Å². The number of nitrogens with two attached hydrogens (primary N) is 1. The molecule has 0 aromatic carbocycles. The zero-order valence-corrected chi connectivity index (χ0v) is 6.54. The molecule has 3 nitrogen and oxygen atoms in total. The largest absolute Gasteiger partial charge is 0.544 e. The van der Waals surface area contributed by atoms with E-state index in [1.54, 1.807) is 0 Å². The maximum Gasteiger partial charge on any atom is 0.397 e. The summed E-state index contributed by atoms with van der Waals surface area (Å²) in [6.07, 6.45) is -4.07. The standard InChI is InChI=1S/C7H8F3NO2/c8-7(9,10)4-2-1-3(6(12)13)11-5(2)4/h2-5,11H,1H2,(H,12,13)/t2-,3-,4-,5-/m0/s1. The van der Waals surface area contributed by atoms with E-state index in [1.807, 2.05) is 0 Å². The summed E-state index contributed by atoms with van der Waals surface area (Å²) in [5.74, 6) is -3.04. The van der Waals surface area contributed by atoms with Gasteiger partial charge in [-0.2, -0.15) is 13.2 Å². The van der Waals surface area contributed by atoms with Crippen molar-refractivity contribution in [2.45, 2.75) is 24.7 Å². The van der Waals surface area contributed by atoms with Gasteiger partial charge in [0.1, 0.15) is 18.0 Å². The van der Waals surface area contributed by atoms with E-state index in [1.165, 1.54) is 5.32 Å². The summed E-state index contributed by atoms with van der Waals surface area (Å²) in [6.45, 7) is 0. The number of piperidine rings is 1. The van der Waals surface area contributed by atoms with Crippen LogP contribution in [-0.4, -0.2) is 24.2 Å². The van der Waals surface area contributed by atoms with Gasteiger partial charge in [0, 0.05) is 12.3 Å². The van der Waals surface area contributed by atoms with Crippen molar-refractivity contribution in [1.82, 2.24) is 0 Å². The molecule has 2 rings (SSSR count). The van der Waals surface area contributed by atoms with Crippen LogP contribution in [0.4, 0.5) is 13.2 Å². The molecular weight excluding hydrogens is 187 g/mol. The van der Waals surface area contributed by atoms with Gasteiger partial charge in [0.2, 0.25) is 0 Å². The molecular formula is C7H8F3NO2. The lowest BCUT2D eigenvalue weighted by molar-refractivity contribution is -0.688. The maximum atomic E-state index is 12.1. The van der Waals surface area contributed by atoms with Gasteiger partial charge in [0.25, 0.3) is 0 Å². The SMILES string of the molecule is O=C([O-])[C@@H]1C[C@@H]2[C@H]([NH2+]1)[C@H]2C(F)(F)F. The molecule has 1 saturated heterocycles. The quantitative estimate of drug-likeness (QED) is 0.539. The molecule has 0 unspecified atom stereocenters. The molecule has 74 valence electrons. The fourth-order valence-corrected chi connectivity index (χ4v) is 2.24. The second kappa shape index (κ2) is 2.37. The van der Waals surface area contributed by atoms with Gasteiger partial charge in [0.05, 0.1) is 5.97 Å². The lowest BCUT2D eigenvalue weighted by Crippen LogP contribution is -2.93. The average molecular weight is 195 g/mol. The number of fused-ring (bicyclic) bond motifs is 1. The van der Waals surface area contributed by atoms with Crippen molar-refractivity contribution >= 4 is 5.97 Å². The Hall–Kier alpha value is -0.780. The Bertz CT molecular complexity index is 241. The Morgan fingerprint density at radius 2 is 2.08 bits per heavy atom. The smallest absolute Gasteiger partial charge is 0.397 e. The fraction of sp³-hybridized carbons (Fsp3) is 0.857. The normalized spacial score (nSPS) is 43.0. The molecule has 4 atom stereocenters. The minimum absolute atomic E-state index is 0.0944. The van der Waals surface area contributed by atoms with E-state index in [0.29, 0.717) is 0 Å². The van der Waals surface area contributed by atoms with E-state index in [2.05, 4.69) is 0 Å². The second-order valence-corrected chi connectivity index (χ2v) is 3.66. The molecule has 1 aliphatic heterocycles. The van der Waals surface area contributed by atoms with Crippen molar-refractivity contribution in [3.8, 4) is 0 Å². The first-order chi connectivity index (χ1) is 5.91. The van der Waals surface area contributed by atoms with Crippen LogP contribution in [0.2, 0.25) is 0 Å². The number of aliphatic carboxylic acids is 1. The Morgan fingerprint density at radius 3 is 2.38 bits per heavy atom. The van der Waals surface area contributed by atoms with Crippen LogP contribution >= 0.6 is 0 Å². The molecule has 2 fully saturated rings. The summed E-state index contributed by atoms with van der Waals surface area (Å²) < 4.78 is 36.3. The number of hydrogen-bond donors (Lipinski definition) is 1. The molecule has 13 heavy (non-hydrogen) atoms. The van der Waals surface area contributed by atoms with E-state index >= 15 is 0 Å². The number of carbonyl (C=O) groups is 1. The first-order valence-electron chi connectivity index (χ1n) is 4.04. The Balaban J connectivity index is 1.94. The van der Waals surface area contributed by atoms with Crippen molar-refractivity contribution in [2.75, 3.05) is 0 Å². The highest BCUT2D eigenvalue weighted by Crippen LogP contribution is 2.52. The Labute approximate surface area is 71.9 Å². The minimum atomic E-state index is -4.16. The third kappa shape index (κ3) is 1.29. The number of carboxylic acids is 1. The fourth-order valence-electron chi connectivity index (χ4n) is 2.24. The molecule has 0 radical (unpaired) electrons. The molecule has 6 heteroatoms. The third-order valence-corrected chi connectivity index (χ3v) is 2.89. The van der Waals surface area contributed by atoms with Crippen LogP contribution in [0, 0.1) is 11.8 Å². The maximum absolute atomic E-state index is 12.1. The Morgan fingerprint density at radius 1 is 1.46 bits per heavy atom. The highest BCUT2D eigenvalue weighted by atomic mass is 19.4. The number of rotatable bonds is 1. The lowest BCUT2D eigenvalue weighted by Gasteiger charge is -2.14. The number of carboxylic acid groups (broad SMARTS) is 1. The third-order valence-electron chi connectivity index (χ3n) is 2.89. The van der Waals surface area contributed by atoms with Gasteiger partial charge in [-0.3, -0.25) is 0 Å². The summed E-state index contributed by atoms with van der Waals surface area (Å²) in [5.41, 5.74) is 0. The number of halogens is 3. The van der Waals surface area contributed by atoms with E-state index < -0.39 is 36.1 Å².